The Hall–Kier alpha value is -0.0800. The van der Waals surface area contributed by atoms with Crippen LogP contribution in [0, 0.1) is 5.92 Å². The van der Waals surface area contributed by atoms with E-state index >= 15 is 0 Å². The van der Waals surface area contributed by atoms with Crippen molar-refractivity contribution in [2.45, 2.75) is 53.1 Å². The van der Waals surface area contributed by atoms with Crippen LogP contribution >= 0.6 is 0 Å². The Morgan fingerprint density at radius 3 is 1.93 bits per heavy atom. The van der Waals surface area contributed by atoms with Crippen molar-refractivity contribution in [1.82, 2.24) is 4.90 Å². The molecule has 1 N–H and O–H groups in total. The van der Waals surface area contributed by atoms with Gasteiger partial charge >= 0.3 is 0 Å². The lowest BCUT2D eigenvalue weighted by Crippen LogP contribution is -2.43. The molecule has 2 heteroatoms. The van der Waals surface area contributed by atoms with E-state index in [1.807, 2.05) is 0 Å². The van der Waals surface area contributed by atoms with E-state index in [9.17, 15) is 5.11 Å². The maximum absolute atomic E-state index is 10.2. The first-order valence-electron chi connectivity index (χ1n) is 5.92. The first kappa shape index (κ1) is 13.9. The van der Waals surface area contributed by atoms with Crippen LogP contribution in [0.3, 0.4) is 0 Å². The maximum atomic E-state index is 10.2. The third-order valence-corrected chi connectivity index (χ3v) is 2.90. The summed E-state index contributed by atoms with van der Waals surface area (Å²) in [7, 11) is 0. The molecule has 0 amide bonds. The van der Waals surface area contributed by atoms with E-state index < -0.39 is 5.60 Å². The lowest BCUT2D eigenvalue weighted by atomic mass is 9.96. The lowest BCUT2D eigenvalue weighted by molar-refractivity contribution is -0.00462. The zero-order chi connectivity index (χ0) is 11.2. The first-order chi connectivity index (χ1) is 6.47. The summed E-state index contributed by atoms with van der Waals surface area (Å²) in [6.45, 7) is 13.7. The summed E-state index contributed by atoms with van der Waals surface area (Å²) in [6, 6.07) is 0. The SMILES string of the molecule is CCN(CC(C)C)CC(O)(CC)CC. The molecular weight excluding hydrogens is 174 g/mol. The molecule has 0 fully saturated rings. The monoisotopic (exact) mass is 201 g/mol. The molecule has 0 unspecified atom stereocenters. The van der Waals surface area contributed by atoms with Gasteiger partial charge in [0.2, 0.25) is 0 Å². The number of likely N-dealkylation sites (N-methyl/N-ethyl adjacent to an activating group) is 1. The fourth-order valence-electron chi connectivity index (χ4n) is 1.71. The van der Waals surface area contributed by atoms with E-state index in [0.717, 1.165) is 32.5 Å². The highest BCUT2D eigenvalue weighted by Crippen LogP contribution is 2.16. The Morgan fingerprint density at radius 1 is 1.14 bits per heavy atom. The smallest absolute Gasteiger partial charge is 0.0768 e. The van der Waals surface area contributed by atoms with Gasteiger partial charge in [0.25, 0.3) is 0 Å². The van der Waals surface area contributed by atoms with E-state index in [2.05, 4.69) is 39.5 Å². The predicted molar refractivity (Wildman–Crippen MR) is 62.5 cm³/mol. The van der Waals surface area contributed by atoms with Gasteiger partial charge in [-0.15, -0.1) is 0 Å². The zero-order valence-corrected chi connectivity index (χ0v) is 10.5. The number of hydrogen-bond donors (Lipinski definition) is 1. The average molecular weight is 201 g/mol. The van der Waals surface area contributed by atoms with E-state index in [1.165, 1.54) is 0 Å². The molecule has 0 spiro atoms. The van der Waals surface area contributed by atoms with Crippen molar-refractivity contribution in [2.24, 2.45) is 5.92 Å². The molecule has 0 aliphatic carbocycles. The van der Waals surface area contributed by atoms with Crippen molar-refractivity contribution in [3.63, 3.8) is 0 Å². The molecular formula is C12H27NO. The minimum Gasteiger partial charge on any atom is -0.389 e. The Bertz CT molecular complexity index is 141. The van der Waals surface area contributed by atoms with E-state index in [4.69, 9.17) is 0 Å². The van der Waals surface area contributed by atoms with Gasteiger partial charge in [0.05, 0.1) is 5.60 Å². The average Bonchev–Trinajstić information content (AvgIpc) is 2.16. The molecule has 0 atom stereocenters. The maximum Gasteiger partial charge on any atom is 0.0768 e. The second kappa shape index (κ2) is 6.41. The Balaban J connectivity index is 4.14. The summed E-state index contributed by atoms with van der Waals surface area (Å²) >= 11 is 0. The van der Waals surface area contributed by atoms with Gasteiger partial charge in [0, 0.05) is 13.1 Å². The molecule has 14 heavy (non-hydrogen) atoms. The normalized spacial score (nSPS) is 12.9. The molecule has 0 aromatic rings. The van der Waals surface area contributed by atoms with Gasteiger partial charge in [-0.25, -0.2) is 0 Å². The molecule has 0 aliphatic heterocycles. The summed E-state index contributed by atoms with van der Waals surface area (Å²) in [5, 5.41) is 10.2. The molecule has 2 nitrogen and oxygen atoms in total. The van der Waals surface area contributed by atoms with Crippen molar-refractivity contribution >= 4 is 0 Å². The van der Waals surface area contributed by atoms with Crippen LogP contribution in [0.2, 0.25) is 0 Å². The van der Waals surface area contributed by atoms with Crippen molar-refractivity contribution in [3.8, 4) is 0 Å². The molecule has 0 aromatic carbocycles. The summed E-state index contributed by atoms with van der Waals surface area (Å²) < 4.78 is 0. The molecule has 0 heterocycles. The molecule has 86 valence electrons. The number of nitrogens with zero attached hydrogens (tertiary/aromatic N) is 1. The van der Waals surface area contributed by atoms with Crippen LogP contribution < -0.4 is 0 Å². The Labute approximate surface area is 89.3 Å². The van der Waals surface area contributed by atoms with Crippen LogP contribution in [0.4, 0.5) is 0 Å². The van der Waals surface area contributed by atoms with Gasteiger partial charge in [0.1, 0.15) is 0 Å². The Morgan fingerprint density at radius 2 is 1.64 bits per heavy atom. The van der Waals surface area contributed by atoms with E-state index in [0.29, 0.717) is 5.92 Å². The van der Waals surface area contributed by atoms with Crippen molar-refractivity contribution in [3.05, 3.63) is 0 Å². The molecule has 0 saturated heterocycles. The second-order valence-corrected chi connectivity index (χ2v) is 4.65. The van der Waals surface area contributed by atoms with Crippen LogP contribution in [0.5, 0.6) is 0 Å². The minimum atomic E-state index is -0.481. The zero-order valence-electron chi connectivity index (χ0n) is 10.5. The molecule has 0 radical (unpaired) electrons. The lowest BCUT2D eigenvalue weighted by Gasteiger charge is -2.33. The number of hydrogen-bond acceptors (Lipinski definition) is 2. The summed E-state index contributed by atoms with van der Waals surface area (Å²) in [5.41, 5.74) is -0.481. The highest BCUT2D eigenvalue weighted by molar-refractivity contribution is 4.79. The molecule has 0 aromatic heterocycles. The molecule has 0 rings (SSSR count). The van der Waals surface area contributed by atoms with Crippen LogP contribution in [0.15, 0.2) is 0 Å². The third-order valence-electron chi connectivity index (χ3n) is 2.90. The second-order valence-electron chi connectivity index (χ2n) is 4.65. The fourth-order valence-corrected chi connectivity index (χ4v) is 1.71. The molecule has 0 bridgehead atoms. The topological polar surface area (TPSA) is 23.5 Å². The summed E-state index contributed by atoms with van der Waals surface area (Å²) in [5.74, 6) is 0.674. The highest BCUT2D eigenvalue weighted by Gasteiger charge is 2.24. The molecule has 0 aliphatic rings. The minimum absolute atomic E-state index is 0.481. The van der Waals surface area contributed by atoms with Gasteiger partial charge in [-0.1, -0.05) is 34.6 Å². The third kappa shape index (κ3) is 4.97. The van der Waals surface area contributed by atoms with Crippen molar-refractivity contribution in [1.29, 1.82) is 0 Å². The highest BCUT2D eigenvalue weighted by atomic mass is 16.3. The van der Waals surface area contributed by atoms with Gasteiger partial charge in [0.15, 0.2) is 0 Å². The predicted octanol–water partition coefficient (Wildman–Crippen LogP) is 2.52. The summed E-state index contributed by atoms with van der Waals surface area (Å²) in [4.78, 5) is 2.34. The van der Waals surface area contributed by atoms with Crippen LogP contribution in [0.1, 0.15) is 47.5 Å². The Kier molecular flexibility index (Phi) is 6.38. The van der Waals surface area contributed by atoms with Crippen LogP contribution in [0.25, 0.3) is 0 Å². The number of aliphatic hydroxyl groups is 1. The summed E-state index contributed by atoms with van der Waals surface area (Å²) in [6.07, 6.45) is 1.69. The van der Waals surface area contributed by atoms with E-state index in [-0.39, 0.29) is 0 Å². The van der Waals surface area contributed by atoms with Gasteiger partial charge in [-0.2, -0.15) is 0 Å². The van der Waals surface area contributed by atoms with Gasteiger partial charge in [-0.3, -0.25) is 0 Å². The fraction of sp³-hybridized carbons (Fsp3) is 1.00. The van der Waals surface area contributed by atoms with Gasteiger partial charge < -0.3 is 10.0 Å². The standard InChI is InChI=1S/C12H27NO/c1-6-12(14,7-2)10-13(8-3)9-11(4)5/h11,14H,6-10H2,1-5H3. The number of rotatable bonds is 7. The van der Waals surface area contributed by atoms with E-state index in [1.54, 1.807) is 0 Å². The van der Waals surface area contributed by atoms with Crippen molar-refractivity contribution in [2.75, 3.05) is 19.6 Å². The van der Waals surface area contributed by atoms with Crippen LogP contribution in [-0.2, 0) is 0 Å². The quantitative estimate of drug-likeness (QED) is 0.684. The van der Waals surface area contributed by atoms with Crippen molar-refractivity contribution < 1.29 is 5.11 Å². The van der Waals surface area contributed by atoms with Crippen LogP contribution in [-0.4, -0.2) is 35.2 Å². The first-order valence-corrected chi connectivity index (χ1v) is 5.92. The largest absolute Gasteiger partial charge is 0.389 e. The van der Waals surface area contributed by atoms with Gasteiger partial charge in [-0.05, 0) is 25.3 Å². The molecule has 0 saturated carbocycles.